The number of para-hydroxylation sites is 1. The molecular formula is C18H26ClN3O2. The summed E-state index contributed by atoms with van der Waals surface area (Å²) in [6, 6.07) is 8.12. The fourth-order valence-corrected chi connectivity index (χ4v) is 3.69. The van der Waals surface area contributed by atoms with Crippen LogP contribution in [0.3, 0.4) is 0 Å². The average molecular weight is 352 g/mol. The number of benzene rings is 1. The molecular weight excluding hydrogens is 326 g/mol. The van der Waals surface area contributed by atoms with Crippen LogP contribution in [0.5, 0.6) is 0 Å². The van der Waals surface area contributed by atoms with Gasteiger partial charge in [0.25, 0.3) is 0 Å². The van der Waals surface area contributed by atoms with Crippen LogP contribution in [0.1, 0.15) is 37.7 Å². The molecule has 1 aromatic rings. The Hall–Kier alpha value is -1.59. The Morgan fingerprint density at radius 3 is 2.75 bits per heavy atom. The third kappa shape index (κ3) is 4.28. The van der Waals surface area contributed by atoms with Gasteiger partial charge < -0.3 is 16.0 Å². The molecule has 0 saturated heterocycles. The monoisotopic (exact) mass is 351 g/mol. The molecule has 5 nitrogen and oxygen atoms in total. The maximum absolute atomic E-state index is 12.5. The number of carbonyl (C=O) groups is 2. The molecule has 0 aromatic heterocycles. The molecule has 0 radical (unpaired) electrons. The highest BCUT2D eigenvalue weighted by molar-refractivity contribution is 5.97. The van der Waals surface area contributed by atoms with Crippen LogP contribution in [0.2, 0.25) is 0 Å². The standard InChI is InChI=1S/C18H25N3O2.ClH/c19-15-8-3-6-14(15)11-17(22)20-12-18(23)21-10-4-7-13-5-1-2-9-16(13)21;/h1-2,5,9,14-15H,3-4,6-8,10-12,19H2,(H,20,22);1H/t14-,15+;/m0./s1. The molecule has 132 valence electrons. The van der Waals surface area contributed by atoms with Crippen LogP contribution in [0.15, 0.2) is 24.3 Å². The summed E-state index contributed by atoms with van der Waals surface area (Å²) >= 11 is 0. The van der Waals surface area contributed by atoms with Gasteiger partial charge in [0.15, 0.2) is 0 Å². The number of nitrogens with two attached hydrogens (primary N) is 1. The van der Waals surface area contributed by atoms with Gasteiger partial charge in [0, 0.05) is 24.7 Å². The molecule has 0 bridgehead atoms. The Morgan fingerprint density at radius 2 is 2.00 bits per heavy atom. The SMILES string of the molecule is Cl.N[C@@H]1CCC[C@H]1CC(=O)NCC(=O)N1CCCc2ccccc21. The largest absolute Gasteiger partial charge is 0.347 e. The van der Waals surface area contributed by atoms with Crippen molar-refractivity contribution in [3.8, 4) is 0 Å². The second-order valence-electron chi connectivity index (χ2n) is 6.61. The topological polar surface area (TPSA) is 75.4 Å². The summed E-state index contributed by atoms with van der Waals surface area (Å²) in [7, 11) is 0. The van der Waals surface area contributed by atoms with Gasteiger partial charge in [0.05, 0.1) is 6.54 Å². The highest BCUT2D eigenvalue weighted by Crippen LogP contribution is 2.27. The van der Waals surface area contributed by atoms with Crippen molar-refractivity contribution in [2.45, 2.75) is 44.6 Å². The first-order valence-corrected chi connectivity index (χ1v) is 8.55. The number of rotatable bonds is 4. The number of carbonyl (C=O) groups excluding carboxylic acids is 2. The summed E-state index contributed by atoms with van der Waals surface area (Å²) in [5, 5.41) is 2.77. The fraction of sp³-hybridized carbons (Fsp3) is 0.556. The van der Waals surface area contributed by atoms with E-state index in [4.69, 9.17) is 5.73 Å². The van der Waals surface area contributed by atoms with Crippen molar-refractivity contribution in [3.05, 3.63) is 29.8 Å². The van der Waals surface area contributed by atoms with E-state index in [9.17, 15) is 9.59 Å². The molecule has 1 fully saturated rings. The van der Waals surface area contributed by atoms with Gasteiger partial charge in [-0.05, 0) is 43.2 Å². The van der Waals surface area contributed by atoms with E-state index in [1.54, 1.807) is 4.90 Å². The smallest absolute Gasteiger partial charge is 0.246 e. The lowest BCUT2D eigenvalue weighted by Crippen LogP contribution is -2.43. The van der Waals surface area contributed by atoms with E-state index in [-0.39, 0.29) is 42.7 Å². The molecule has 2 aliphatic rings. The van der Waals surface area contributed by atoms with Crippen molar-refractivity contribution in [1.29, 1.82) is 0 Å². The number of fused-ring (bicyclic) bond motifs is 1. The van der Waals surface area contributed by atoms with Crippen LogP contribution in [-0.4, -0.2) is 30.9 Å². The lowest BCUT2D eigenvalue weighted by Gasteiger charge is -2.29. The molecule has 1 aromatic carbocycles. The highest BCUT2D eigenvalue weighted by atomic mass is 35.5. The highest BCUT2D eigenvalue weighted by Gasteiger charge is 2.27. The van der Waals surface area contributed by atoms with Gasteiger partial charge in [-0.2, -0.15) is 0 Å². The second kappa shape index (κ2) is 8.49. The van der Waals surface area contributed by atoms with Gasteiger partial charge in [0.1, 0.15) is 0 Å². The number of aryl methyl sites for hydroxylation is 1. The van der Waals surface area contributed by atoms with Crippen LogP contribution in [-0.2, 0) is 16.0 Å². The summed E-state index contributed by atoms with van der Waals surface area (Å²) in [4.78, 5) is 26.3. The molecule has 2 amide bonds. The predicted molar refractivity (Wildman–Crippen MR) is 97.3 cm³/mol. The summed E-state index contributed by atoms with van der Waals surface area (Å²) in [6.07, 6.45) is 5.52. The van der Waals surface area contributed by atoms with E-state index in [0.717, 1.165) is 44.3 Å². The number of nitrogens with one attached hydrogen (secondary N) is 1. The van der Waals surface area contributed by atoms with Gasteiger partial charge in [-0.15, -0.1) is 12.4 Å². The summed E-state index contributed by atoms with van der Waals surface area (Å²) in [5.74, 6) is 0.160. The molecule has 0 spiro atoms. The number of amides is 2. The first-order valence-electron chi connectivity index (χ1n) is 8.55. The van der Waals surface area contributed by atoms with Crippen molar-refractivity contribution in [2.75, 3.05) is 18.0 Å². The van der Waals surface area contributed by atoms with Gasteiger partial charge in [-0.25, -0.2) is 0 Å². The van der Waals surface area contributed by atoms with E-state index in [1.807, 2.05) is 18.2 Å². The van der Waals surface area contributed by atoms with Crippen molar-refractivity contribution in [2.24, 2.45) is 11.7 Å². The van der Waals surface area contributed by atoms with Gasteiger partial charge in [0.2, 0.25) is 11.8 Å². The summed E-state index contributed by atoms with van der Waals surface area (Å²) in [6.45, 7) is 0.786. The molecule has 6 heteroatoms. The van der Waals surface area contributed by atoms with Crippen molar-refractivity contribution in [3.63, 3.8) is 0 Å². The Labute approximate surface area is 149 Å². The molecule has 3 N–H and O–H groups in total. The van der Waals surface area contributed by atoms with Crippen molar-refractivity contribution in [1.82, 2.24) is 5.32 Å². The fourth-order valence-electron chi connectivity index (χ4n) is 3.69. The van der Waals surface area contributed by atoms with E-state index < -0.39 is 0 Å². The second-order valence-corrected chi connectivity index (χ2v) is 6.61. The van der Waals surface area contributed by atoms with E-state index in [0.29, 0.717) is 6.42 Å². The Balaban J connectivity index is 0.00000208. The molecule has 0 unspecified atom stereocenters. The van der Waals surface area contributed by atoms with E-state index in [2.05, 4.69) is 11.4 Å². The maximum atomic E-state index is 12.5. The Kier molecular flexibility index (Phi) is 6.63. The first-order chi connectivity index (χ1) is 11.1. The molecule has 24 heavy (non-hydrogen) atoms. The third-order valence-corrected chi connectivity index (χ3v) is 5.01. The maximum Gasteiger partial charge on any atom is 0.246 e. The molecule has 2 atom stereocenters. The van der Waals surface area contributed by atoms with Crippen molar-refractivity contribution < 1.29 is 9.59 Å². The third-order valence-electron chi connectivity index (χ3n) is 5.01. The molecule has 1 saturated carbocycles. The van der Waals surface area contributed by atoms with Gasteiger partial charge >= 0.3 is 0 Å². The minimum absolute atomic E-state index is 0. The lowest BCUT2D eigenvalue weighted by molar-refractivity contribution is -0.125. The normalized spacial score (nSPS) is 22.5. The van der Waals surface area contributed by atoms with E-state index >= 15 is 0 Å². The minimum Gasteiger partial charge on any atom is -0.347 e. The van der Waals surface area contributed by atoms with Crippen LogP contribution in [0, 0.1) is 5.92 Å². The molecule has 1 aliphatic heterocycles. The van der Waals surface area contributed by atoms with E-state index in [1.165, 1.54) is 5.56 Å². The quantitative estimate of drug-likeness (QED) is 0.871. The number of halogens is 1. The summed E-state index contributed by atoms with van der Waals surface area (Å²) in [5.41, 5.74) is 8.18. The zero-order valence-corrected chi connectivity index (χ0v) is 14.7. The van der Waals surface area contributed by atoms with Gasteiger partial charge in [-0.3, -0.25) is 9.59 Å². The average Bonchev–Trinajstić information content (AvgIpc) is 2.97. The lowest BCUT2D eigenvalue weighted by atomic mass is 10.00. The first kappa shape index (κ1) is 18.7. The van der Waals surface area contributed by atoms with Crippen LogP contribution in [0.25, 0.3) is 0 Å². The van der Waals surface area contributed by atoms with Crippen LogP contribution >= 0.6 is 12.4 Å². The Bertz CT molecular complexity index is 593. The summed E-state index contributed by atoms with van der Waals surface area (Å²) < 4.78 is 0. The number of hydrogen-bond acceptors (Lipinski definition) is 3. The van der Waals surface area contributed by atoms with Crippen molar-refractivity contribution >= 4 is 29.9 Å². The zero-order chi connectivity index (χ0) is 16.2. The molecule has 1 aliphatic carbocycles. The predicted octanol–water partition coefficient (Wildman–Crippen LogP) is 2.02. The van der Waals surface area contributed by atoms with Gasteiger partial charge in [-0.1, -0.05) is 24.6 Å². The number of nitrogens with zero attached hydrogens (tertiary/aromatic N) is 1. The zero-order valence-electron chi connectivity index (χ0n) is 13.9. The molecule has 1 heterocycles. The minimum atomic E-state index is -0.0639. The number of anilines is 1. The van der Waals surface area contributed by atoms with Crippen LogP contribution in [0.4, 0.5) is 5.69 Å². The number of hydrogen-bond donors (Lipinski definition) is 2. The van der Waals surface area contributed by atoms with Crippen LogP contribution < -0.4 is 16.0 Å². The Morgan fingerprint density at radius 1 is 1.21 bits per heavy atom. The molecule has 3 rings (SSSR count).